The number of hydrogen-bond acceptors (Lipinski definition) is 4. The summed E-state index contributed by atoms with van der Waals surface area (Å²) in [4.78, 5) is 36.1. The normalized spacial score (nSPS) is 25.9. The molecule has 2 saturated carbocycles. The van der Waals surface area contributed by atoms with E-state index in [0.29, 0.717) is 19.3 Å². The summed E-state index contributed by atoms with van der Waals surface area (Å²) in [6, 6.07) is 15.5. The molecule has 184 valence electrons. The largest absolute Gasteiger partial charge is 0.481 e. The molecule has 0 bridgehead atoms. The van der Waals surface area contributed by atoms with Crippen molar-refractivity contribution in [2.75, 3.05) is 13.2 Å². The number of carboxylic acid groups (broad SMARTS) is 1. The van der Waals surface area contributed by atoms with Crippen LogP contribution in [0.25, 0.3) is 11.1 Å². The maximum absolute atomic E-state index is 13.6. The number of fused-ring (bicyclic) bond motifs is 3. The van der Waals surface area contributed by atoms with Gasteiger partial charge in [-0.1, -0.05) is 55.0 Å². The van der Waals surface area contributed by atoms with Crippen molar-refractivity contribution in [1.82, 2.24) is 10.6 Å². The minimum atomic E-state index is -3.31. The number of ether oxygens (including phenoxy) is 1. The van der Waals surface area contributed by atoms with Crippen LogP contribution in [0.1, 0.15) is 36.3 Å². The molecule has 2 aromatic rings. The number of carboxylic acids is 1. The van der Waals surface area contributed by atoms with Gasteiger partial charge in [0.05, 0.1) is 11.8 Å². The van der Waals surface area contributed by atoms with Crippen molar-refractivity contribution in [3.8, 4) is 11.1 Å². The Morgan fingerprint density at radius 3 is 2.23 bits per heavy atom. The number of carbonyl (C=O) groups is 3. The fourth-order valence-corrected chi connectivity index (χ4v) is 5.56. The second-order valence-electron chi connectivity index (χ2n) is 9.46. The molecule has 4 atom stereocenters. The lowest BCUT2D eigenvalue weighted by Crippen LogP contribution is -2.45. The molecule has 5 rings (SSSR count). The number of alkyl halides is 2. The molecule has 35 heavy (non-hydrogen) atoms. The Bertz CT molecular complexity index is 1120. The van der Waals surface area contributed by atoms with Crippen molar-refractivity contribution in [3.05, 3.63) is 59.7 Å². The van der Waals surface area contributed by atoms with Crippen LogP contribution in [-0.2, 0) is 14.3 Å². The summed E-state index contributed by atoms with van der Waals surface area (Å²) >= 11 is 0. The molecule has 9 heteroatoms. The van der Waals surface area contributed by atoms with Gasteiger partial charge < -0.3 is 20.5 Å². The summed E-state index contributed by atoms with van der Waals surface area (Å²) in [7, 11) is 0. The number of amides is 2. The van der Waals surface area contributed by atoms with Crippen molar-refractivity contribution in [2.45, 2.75) is 37.1 Å². The number of halogens is 2. The number of carbonyl (C=O) groups excluding carboxylic acids is 2. The van der Waals surface area contributed by atoms with Gasteiger partial charge in [0.25, 0.3) is 5.92 Å². The number of benzene rings is 2. The molecule has 2 fully saturated rings. The maximum atomic E-state index is 13.6. The molecule has 0 saturated heterocycles. The summed E-state index contributed by atoms with van der Waals surface area (Å²) in [5.41, 5.74) is 4.43. The number of alkyl carbamates (subject to hydrolysis) is 1. The zero-order chi connectivity index (χ0) is 24.7. The van der Waals surface area contributed by atoms with Gasteiger partial charge >= 0.3 is 12.1 Å². The second kappa shape index (κ2) is 8.94. The maximum Gasteiger partial charge on any atom is 0.407 e. The molecule has 2 unspecified atom stereocenters. The van der Waals surface area contributed by atoms with Gasteiger partial charge in [-0.05, 0) is 35.1 Å². The molecular formula is C26H26F2N2O5. The quantitative estimate of drug-likeness (QED) is 0.555. The molecule has 2 aromatic carbocycles. The molecule has 7 nitrogen and oxygen atoms in total. The Morgan fingerprint density at radius 1 is 1.00 bits per heavy atom. The fourth-order valence-electron chi connectivity index (χ4n) is 5.56. The van der Waals surface area contributed by atoms with E-state index in [1.54, 1.807) is 0 Å². The zero-order valence-electron chi connectivity index (χ0n) is 18.9. The van der Waals surface area contributed by atoms with Crippen LogP contribution in [0.15, 0.2) is 48.5 Å². The lowest BCUT2D eigenvalue weighted by Gasteiger charge is -2.21. The Labute approximate surface area is 200 Å². The predicted molar refractivity (Wildman–Crippen MR) is 122 cm³/mol. The molecule has 3 aliphatic carbocycles. The summed E-state index contributed by atoms with van der Waals surface area (Å²) in [6.07, 6.45) is 1.14. The van der Waals surface area contributed by atoms with E-state index in [4.69, 9.17) is 9.84 Å². The average Bonchev–Trinajstić information content (AvgIpc) is 3.13. The van der Waals surface area contributed by atoms with Crippen LogP contribution >= 0.6 is 0 Å². The van der Waals surface area contributed by atoms with Gasteiger partial charge in [0.1, 0.15) is 12.5 Å². The van der Waals surface area contributed by atoms with Crippen molar-refractivity contribution in [1.29, 1.82) is 0 Å². The van der Waals surface area contributed by atoms with Crippen LogP contribution in [0.4, 0.5) is 13.6 Å². The molecule has 2 amide bonds. The van der Waals surface area contributed by atoms with E-state index < -0.39 is 54.2 Å². The molecule has 0 aliphatic heterocycles. The van der Waals surface area contributed by atoms with Crippen molar-refractivity contribution < 1.29 is 33.0 Å². The lowest BCUT2D eigenvalue weighted by molar-refractivity contribution is -0.141. The van der Waals surface area contributed by atoms with Crippen LogP contribution in [0.2, 0.25) is 0 Å². The highest BCUT2D eigenvalue weighted by Gasteiger charge is 2.72. The van der Waals surface area contributed by atoms with Crippen molar-refractivity contribution >= 4 is 18.0 Å². The predicted octanol–water partition coefficient (Wildman–Crippen LogP) is 3.78. The molecule has 0 radical (unpaired) electrons. The third-order valence-corrected chi connectivity index (χ3v) is 7.46. The molecular weight excluding hydrogens is 458 g/mol. The molecule has 3 aliphatic rings. The highest BCUT2D eigenvalue weighted by Crippen LogP contribution is 2.55. The number of nitrogens with one attached hydrogen (secondary N) is 2. The lowest BCUT2D eigenvalue weighted by atomic mass is 9.98. The minimum Gasteiger partial charge on any atom is -0.481 e. The SMILES string of the molecule is O=C(N[C@H]1CCC[C@H]1C(=O)NCC1C(C(=O)O)C1(F)F)OCC1c2ccccc2-c2ccccc21. The van der Waals surface area contributed by atoms with E-state index in [2.05, 4.69) is 10.6 Å². The topological polar surface area (TPSA) is 105 Å². The van der Waals surface area contributed by atoms with Crippen LogP contribution in [0.3, 0.4) is 0 Å². The number of rotatable bonds is 7. The van der Waals surface area contributed by atoms with Gasteiger partial charge in [-0.25, -0.2) is 13.6 Å². The second-order valence-corrected chi connectivity index (χ2v) is 9.46. The zero-order valence-corrected chi connectivity index (χ0v) is 18.9. The minimum absolute atomic E-state index is 0.0850. The van der Waals surface area contributed by atoms with Crippen LogP contribution in [-0.4, -0.2) is 48.2 Å². The van der Waals surface area contributed by atoms with Gasteiger partial charge in [0.15, 0.2) is 0 Å². The van der Waals surface area contributed by atoms with Crippen LogP contribution in [0.5, 0.6) is 0 Å². The van der Waals surface area contributed by atoms with Crippen LogP contribution in [0, 0.1) is 17.8 Å². The summed E-state index contributed by atoms with van der Waals surface area (Å²) in [5.74, 6) is -9.17. The first kappa shape index (κ1) is 23.3. The van der Waals surface area contributed by atoms with Gasteiger partial charge in [-0.2, -0.15) is 0 Å². The van der Waals surface area contributed by atoms with Gasteiger partial charge in [0, 0.05) is 18.5 Å². The van der Waals surface area contributed by atoms with E-state index in [-0.39, 0.29) is 12.5 Å². The van der Waals surface area contributed by atoms with Crippen molar-refractivity contribution in [3.63, 3.8) is 0 Å². The van der Waals surface area contributed by atoms with Crippen molar-refractivity contribution in [2.24, 2.45) is 17.8 Å². The highest BCUT2D eigenvalue weighted by molar-refractivity contribution is 5.82. The number of hydrogen-bond donors (Lipinski definition) is 3. The Morgan fingerprint density at radius 2 is 1.63 bits per heavy atom. The van der Waals surface area contributed by atoms with E-state index in [1.807, 2.05) is 48.5 Å². The third-order valence-electron chi connectivity index (χ3n) is 7.46. The highest BCUT2D eigenvalue weighted by atomic mass is 19.3. The van der Waals surface area contributed by atoms with E-state index in [1.165, 1.54) is 0 Å². The summed E-state index contributed by atoms with van der Waals surface area (Å²) in [5, 5.41) is 14.1. The average molecular weight is 484 g/mol. The summed E-state index contributed by atoms with van der Waals surface area (Å²) in [6.45, 7) is -0.256. The van der Waals surface area contributed by atoms with Gasteiger partial charge in [-0.15, -0.1) is 0 Å². The molecule has 0 heterocycles. The third kappa shape index (κ3) is 4.24. The first-order chi connectivity index (χ1) is 16.8. The summed E-state index contributed by atoms with van der Waals surface area (Å²) < 4.78 is 32.7. The smallest absolute Gasteiger partial charge is 0.407 e. The van der Waals surface area contributed by atoms with E-state index in [0.717, 1.165) is 22.3 Å². The Balaban J connectivity index is 1.15. The molecule has 3 N–H and O–H groups in total. The van der Waals surface area contributed by atoms with E-state index in [9.17, 15) is 23.2 Å². The Hall–Kier alpha value is -3.49. The fraction of sp³-hybridized carbons (Fsp3) is 0.423. The number of aliphatic carboxylic acids is 1. The first-order valence-corrected chi connectivity index (χ1v) is 11.8. The standard InChI is InChI=1S/C26H26F2N2O5/c27-26(28)20(22(26)24(32)33)12-29-23(31)18-10-5-11-21(18)30-25(34)35-13-19-16-8-3-1-6-14(16)15-7-2-4-9-17(15)19/h1-4,6-9,18-22H,5,10-13H2,(H,29,31)(H,30,34)(H,32,33)/t18-,20?,21+,22?/m1/s1. The first-order valence-electron chi connectivity index (χ1n) is 11.8. The van der Waals surface area contributed by atoms with Crippen LogP contribution < -0.4 is 10.6 Å². The van der Waals surface area contributed by atoms with E-state index >= 15 is 0 Å². The van der Waals surface area contributed by atoms with Gasteiger partial charge in [0.2, 0.25) is 5.91 Å². The Kier molecular flexibility index (Phi) is 5.94. The van der Waals surface area contributed by atoms with Gasteiger partial charge in [-0.3, -0.25) is 9.59 Å². The molecule has 0 spiro atoms. The molecule has 0 aromatic heterocycles. The monoisotopic (exact) mass is 484 g/mol.